The lowest BCUT2D eigenvalue weighted by molar-refractivity contribution is -0.130. The van der Waals surface area contributed by atoms with Crippen molar-refractivity contribution < 1.29 is 15.0 Å². The molecule has 3 aliphatic rings. The molecule has 3 N–H and O–H groups in total. The number of aromatic amines is 1. The number of piperidine rings is 2. The highest BCUT2D eigenvalue weighted by molar-refractivity contribution is 5.48. The topological polar surface area (TPSA) is 95.9 Å². The lowest BCUT2D eigenvalue weighted by Gasteiger charge is -2.47. The summed E-state index contributed by atoms with van der Waals surface area (Å²) in [5, 5.41) is 28.2. The smallest absolute Gasteiger partial charge is 0.210 e. The predicted octanol–water partition coefficient (Wildman–Crippen LogP) is 2.06. The average molecular weight is 468 g/mol. The van der Waals surface area contributed by atoms with Gasteiger partial charge in [0, 0.05) is 56.8 Å². The van der Waals surface area contributed by atoms with Gasteiger partial charge in [-0.1, -0.05) is 31.2 Å². The van der Waals surface area contributed by atoms with Crippen molar-refractivity contribution in [2.24, 2.45) is 0 Å². The summed E-state index contributed by atoms with van der Waals surface area (Å²) < 4.78 is 0. The van der Waals surface area contributed by atoms with Crippen molar-refractivity contribution in [3.8, 4) is 0 Å². The van der Waals surface area contributed by atoms with E-state index in [-0.39, 0.29) is 24.3 Å². The number of benzene rings is 1. The number of H-pyrrole nitrogens is 1. The molecule has 0 spiro atoms. The number of nitrogens with one attached hydrogen (secondary N) is 1. The Bertz CT molecular complexity index is 964. The van der Waals surface area contributed by atoms with Crippen molar-refractivity contribution >= 4 is 12.2 Å². The van der Waals surface area contributed by atoms with E-state index < -0.39 is 0 Å². The second kappa shape index (κ2) is 10.1. The first-order valence-electron chi connectivity index (χ1n) is 12.7. The first-order valence-corrected chi connectivity index (χ1v) is 12.7. The Kier molecular flexibility index (Phi) is 6.90. The van der Waals surface area contributed by atoms with E-state index in [1.165, 1.54) is 11.1 Å². The van der Waals surface area contributed by atoms with Crippen LogP contribution >= 0.6 is 0 Å². The Morgan fingerprint density at radius 2 is 1.79 bits per heavy atom. The highest BCUT2D eigenvalue weighted by Gasteiger charge is 2.38. The SMILES string of the molecule is CCc1ccc(C2CC(c3cc(N4CC[C@@H](O)C4)n[nH]3)CN(C3CC(O)CCN3C=O)C2)cc1. The molecule has 0 aliphatic carbocycles. The van der Waals surface area contributed by atoms with Crippen LogP contribution in [0.25, 0.3) is 0 Å². The first kappa shape index (κ1) is 23.3. The number of hydrogen-bond donors (Lipinski definition) is 3. The van der Waals surface area contributed by atoms with Crippen LogP contribution in [0.1, 0.15) is 61.3 Å². The normalized spacial score (nSPS) is 30.6. The van der Waals surface area contributed by atoms with Crippen molar-refractivity contribution in [1.82, 2.24) is 20.0 Å². The number of carbonyl (C=O) groups excluding carboxylic acids is 1. The molecule has 0 radical (unpaired) electrons. The van der Waals surface area contributed by atoms with Crippen LogP contribution in [-0.4, -0.2) is 87.7 Å². The fourth-order valence-corrected chi connectivity index (χ4v) is 5.94. The number of carbonyl (C=O) groups is 1. The van der Waals surface area contributed by atoms with E-state index in [2.05, 4.69) is 57.3 Å². The van der Waals surface area contributed by atoms with Gasteiger partial charge in [-0.2, -0.15) is 5.10 Å². The maximum atomic E-state index is 11.8. The number of anilines is 1. The molecule has 1 aromatic heterocycles. The number of likely N-dealkylation sites (tertiary alicyclic amines) is 2. The maximum Gasteiger partial charge on any atom is 0.210 e. The van der Waals surface area contributed by atoms with Gasteiger partial charge in [0.05, 0.1) is 18.4 Å². The van der Waals surface area contributed by atoms with Crippen molar-refractivity contribution in [1.29, 1.82) is 0 Å². The van der Waals surface area contributed by atoms with Crippen LogP contribution in [0.3, 0.4) is 0 Å². The zero-order valence-electron chi connectivity index (χ0n) is 20.0. The summed E-state index contributed by atoms with van der Waals surface area (Å²) in [5.74, 6) is 1.47. The number of aryl methyl sites for hydroxylation is 1. The van der Waals surface area contributed by atoms with Crippen molar-refractivity contribution in [2.45, 2.75) is 69.2 Å². The average Bonchev–Trinajstić information content (AvgIpc) is 3.53. The summed E-state index contributed by atoms with van der Waals surface area (Å²) in [6.07, 6.45) is 4.24. The minimum absolute atomic E-state index is 0.0856. The largest absolute Gasteiger partial charge is 0.393 e. The molecule has 3 fully saturated rings. The predicted molar refractivity (Wildman–Crippen MR) is 131 cm³/mol. The molecule has 184 valence electrons. The number of amides is 1. The summed E-state index contributed by atoms with van der Waals surface area (Å²) in [5.41, 5.74) is 3.76. The first-order chi connectivity index (χ1) is 16.5. The van der Waals surface area contributed by atoms with Crippen LogP contribution in [0.5, 0.6) is 0 Å². The summed E-state index contributed by atoms with van der Waals surface area (Å²) in [7, 11) is 0. The molecule has 1 amide bonds. The Morgan fingerprint density at radius 3 is 2.50 bits per heavy atom. The highest BCUT2D eigenvalue weighted by Crippen LogP contribution is 2.38. The molecule has 2 aromatic rings. The third-order valence-electron chi connectivity index (χ3n) is 7.99. The van der Waals surface area contributed by atoms with Crippen LogP contribution in [0.15, 0.2) is 30.3 Å². The number of hydrogen-bond acceptors (Lipinski definition) is 6. The van der Waals surface area contributed by atoms with Gasteiger partial charge in [-0.15, -0.1) is 0 Å². The van der Waals surface area contributed by atoms with Crippen LogP contribution in [0.2, 0.25) is 0 Å². The molecule has 5 atom stereocenters. The Morgan fingerprint density at radius 1 is 1.03 bits per heavy atom. The quantitative estimate of drug-likeness (QED) is 0.563. The van der Waals surface area contributed by atoms with E-state index in [9.17, 15) is 15.0 Å². The van der Waals surface area contributed by atoms with Gasteiger partial charge in [0.1, 0.15) is 0 Å². The third-order valence-corrected chi connectivity index (χ3v) is 7.99. The minimum atomic E-state index is -0.371. The van der Waals surface area contributed by atoms with Gasteiger partial charge >= 0.3 is 0 Å². The zero-order chi connectivity index (χ0) is 23.7. The van der Waals surface area contributed by atoms with Gasteiger partial charge < -0.3 is 20.0 Å². The third kappa shape index (κ3) is 4.85. The summed E-state index contributed by atoms with van der Waals surface area (Å²) in [6.45, 7) is 5.89. The molecule has 3 aliphatic heterocycles. The van der Waals surface area contributed by atoms with Crippen molar-refractivity contribution in [2.75, 3.05) is 37.6 Å². The number of aliphatic hydroxyl groups is 2. The molecule has 8 nitrogen and oxygen atoms in total. The second-order valence-electron chi connectivity index (χ2n) is 10.3. The van der Waals surface area contributed by atoms with Gasteiger partial charge in [0.15, 0.2) is 5.82 Å². The van der Waals surface area contributed by atoms with Crippen molar-refractivity contribution in [3.63, 3.8) is 0 Å². The molecule has 5 rings (SSSR count). The van der Waals surface area contributed by atoms with Crippen molar-refractivity contribution in [3.05, 3.63) is 47.2 Å². The number of nitrogens with zero attached hydrogens (tertiary/aromatic N) is 4. The fourth-order valence-electron chi connectivity index (χ4n) is 5.94. The number of aromatic nitrogens is 2. The minimum Gasteiger partial charge on any atom is -0.393 e. The van der Waals surface area contributed by atoms with Gasteiger partial charge in [-0.3, -0.25) is 14.8 Å². The maximum absolute atomic E-state index is 11.8. The molecule has 3 saturated heterocycles. The van der Waals surface area contributed by atoms with E-state index in [4.69, 9.17) is 0 Å². The molecule has 4 heterocycles. The molecular weight excluding hydrogens is 430 g/mol. The number of β-amino-alcohol motifs (C(OH)–C–C–N with tert-alkyl or cyclic N) is 1. The van der Waals surface area contributed by atoms with E-state index in [0.29, 0.717) is 31.8 Å². The van der Waals surface area contributed by atoms with E-state index in [0.717, 1.165) is 56.8 Å². The molecule has 0 bridgehead atoms. The molecule has 0 saturated carbocycles. The number of rotatable bonds is 6. The Balaban J connectivity index is 1.41. The molecular formula is C26H37N5O3. The summed E-state index contributed by atoms with van der Waals surface area (Å²) in [4.78, 5) is 18.2. The van der Waals surface area contributed by atoms with Crippen LogP contribution in [-0.2, 0) is 11.2 Å². The van der Waals surface area contributed by atoms with Gasteiger partial charge in [0.2, 0.25) is 6.41 Å². The Hall–Kier alpha value is -2.42. The number of aliphatic hydroxyl groups excluding tert-OH is 2. The van der Waals surface area contributed by atoms with Gasteiger partial charge in [0.25, 0.3) is 0 Å². The Labute approximate surface area is 201 Å². The summed E-state index contributed by atoms with van der Waals surface area (Å²) in [6, 6.07) is 11.1. The zero-order valence-corrected chi connectivity index (χ0v) is 20.0. The fraction of sp³-hybridized carbons (Fsp3) is 0.615. The van der Waals surface area contributed by atoms with Crippen LogP contribution in [0, 0.1) is 0 Å². The van der Waals surface area contributed by atoms with Crippen LogP contribution in [0.4, 0.5) is 5.82 Å². The molecule has 34 heavy (non-hydrogen) atoms. The second-order valence-corrected chi connectivity index (χ2v) is 10.3. The monoisotopic (exact) mass is 467 g/mol. The van der Waals surface area contributed by atoms with E-state index >= 15 is 0 Å². The standard InChI is InChI=1S/C26H37N5O3/c1-2-18-3-5-19(6-4-18)20-11-21(24-13-25(28-27-24)29-9-8-23(34)16-29)15-31(14-20)26-12-22(33)7-10-30(26)17-32/h3-6,13,17,20-23,26,33-34H,2,7-12,14-16H2,1H3,(H,27,28)/t20?,21?,22?,23-,26?/m1/s1. The van der Waals surface area contributed by atoms with E-state index in [1.807, 2.05) is 4.90 Å². The lowest BCUT2D eigenvalue weighted by atomic mass is 9.82. The van der Waals surface area contributed by atoms with Crippen LogP contribution < -0.4 is 4.90 Å². The highest BCUT2D eigenvalue weighted by atomic mass is 16.3. The molecule has 8 heteroatoms. The summed E-state index contributed by atoms with van der Waals surface area (Å²) >= 11 is 0. The lowest BCUT2D eigenvalue weighted by Crippen LogP contribution is -2.56. The van der Waals surface area contributed by atoms with E-state index in [1.54, 1.807) is 0 Å². The van der Waals surface area contributed by atoms with Gasteiger partial charge in [-0.05, 0) is 42.7 Å². The van der Waals surface area contributed by atoms with Gasteiger partial charge in [-0.25, -0.2) is 0 Å². The molecule has 4 unspecified atom stereocenters. The molecule has 1 aromatic carbocycles.